The number of rotatable bonds is 4. The van der Waals surface area contributed by atoms with Crippen molar-refractivity contribution in [1.82, 2.24) is 4.90 Å². The first-order chi connectivity index (χ1) is 9.13. The molecule has 0 amide bonds. The van der Waals surface area contributed by atoms with Crippen molar-refractivity contribution in [2.24, 2.45) is 5.73 Å². The van der Waals surface area contributed by atoms with E-state index >= 15 is 0 Å². The first-order valence-electron chi connectivity index (χ1n) is 6.83. The van der Waals surface area contributed by atoms with Crippen LogP contribution < -0.4 is 5.73 Å². The van der Waals surface area contributed by atoms with Gasteiger partial charge in [0.2, 0.25) is 0 Å². The second-order valence-corrected chi connectivity index (χ2v) is 5.19. The molecule has 1 heterocycles. The average Bonchev–Trinajstić information content (AvgIpc) is 2.42. The van der Waals surface area contributed by atoms with Crippen molar-refractivity contribution in [2.45, 2.75) is 38.3 Å². The lowest BCUT2D eigenvalue weighted by Crippen LogP contribution is -2.43. The number of likely N-dealkylation sites (tertiary alicyclic amines) is 1. The van der Waals surface area contributed by atoms with Gasteiger partial charge in [-0.25, -0.2) is 0 Å². The number of nitrogens with zero attached hydrogens (tertiary/aromatic N) is 2. The maximum absolute atomic E-state index is 10.9. The van der Waals surface area contributed by atoms with Crippen LogP contribution in [-0.4, -0.2) is 29.0 Å². The molecule has 0 aliphatic carbocycles. The van der Waals surface area contributed by atoms with E-state index in [0.29, 0.717) is 12.6 Å². The van der Waals surface area contributed by atoms with Crippen LogP contribution in [0.5, 0.6) is 0 Å². The fraction of sp³-hybridized carbons (Fsp3) is 0.571. The number of benzene rings is 1. The van der Waals surface area contributed by atoms with Gasteiger partial charge in [-0.2, -0.15) is 0 Å². The van der Waals surface area contributed by atoms with Gasteiger partial charge in [-0.1, -0.05) is 18.6 Å². The van der Waals surface area contributed by atoms with Crippen LogP contribution in [0.4, 0.5) is 5.69 Å². The third kappa shape index (κ3) is 3.11. The molecular weight excluding hydrogens is 242 g/mol. The minimum Gasteiger partial charge on any atom is -0.329 e. The van der Waals surface area contributed by atoms with Gasteiger partial charge in [0.25, 0.3) is 5.69 Å². The van der Waals surface area contributed by atoms with Crippen molar-refractivity contribution in [2.75, 3.05) is 13.1 Å². The zero-order valence-electron chi connectivity index (χ0n) is 11.3. The van der Waals surface area contributed by atoms with Crippen molar-refractivity contribution in [3.8, 4) is 0 Å². The lowest BCUT2D eigenvalue weighted by atomic mass is 9.97. The van der Waals surface area contributed by atoms with E-state index in [1.165, 1.54) is 25.3 Å². The monoisotopic (exact) mass is 263 g/mol. The highest BCUT2D eigenvalue weighted by atomic mass is 16.6. The molecule has 1 aliphatic heterocycles. The van der Waals surface area contributed by atoms with Gasteiger partial charge in [-0.3, -0.25) is 15.0 Å². The van der Waals surface area contributed by atoms with Gasteiger partial charge in [0.15, 0.2) is 0 Å². The Labute approximate surface area is 113 Å². The molecule has 1 saturated heterocycles. The Morgan fingerprint density at radius 2 is 2.32 bits per heavy atom. The molecular formula is C14H21N3O2. The fourth-order valence-corrected chi connectivity index (χ4v) is 2.89. The summed E-state index contributed by atoms with van der Waals surface area (Å²) in [5.41, 5.74) is 7.00. The smallest absolute Gasteiger partial charge is 0.269 e. The Morgan fingerprint density at radius 1 is 1.53 bits per heavy atom. The number of hydrogen-bond donors (Lipinski definition) is 1. The lowest BCUT2D eigenvalue weighted by Gasteiger charge is -2.39. The fourth-order valence-electron chi connectivity index (χ4n) is 2.89. The highest BCUT2D eigenvalue weighted by Crippen LogP contribution is 2.29. The van der Waals surface area contributed by atoms with Gasteiger partial charge in [-0.15, -0.1) is 0 Å². The predicted molar refractivity (Wildman–Crippen MR) is 74.9 cm³/mol. The Bertz CT molecular complexity index is 450. The number of non-ortho nitro benzene ring substituents is 1. The van der Waals surface area contributed by atoms with E-state index in [-0.39, 0.29) is 16.7 Å². The highest BCUT2D eigenvalue weighted by molar-refractivity contribution is 5.36. The summed E-state index contributed by atoms with van der Waals surface area (Å²) in [6, 6.07) is 7.42. The molecule has 0 spiro atoms. The number of hydrogen-bond acceptors (Lipinski definition) is 4. The van der Waals surface area contributed by atoms with Crippen LogP contribution in [0, 0.1) is 10.1 Å². The molecule has 1 aromatic rings. The summed E-state index contributed by atoms with van der Waals surface area (Å²) < 4.78 is 0. The molecule has 104 valence electrons. The standard InChI is InChI=1S/C14H21N3O2/c1-11-5-2-3-8-16(11)14(10-15)12-6-4-7-13(9-12)17(18)19/h4,6-7,9,11,14H,2-3,5,8,10,15H2,1H3. The van der Waals surface area contributed by atoms with E-state index < -0.39 is 0 Å². The maximum Gasteiger partial charge on any atom is 0.269 e. The van der Waals surface area contributed by atoms with Gasteiger partial charge in [-0.05, 0) is 31.9 Å². The van der Waals surface area contributed by atoms with Crippen molar-refractivity contribution in [3.63, 3.8) is 0 Å². The van der Waals surface area contributed by atoms with Gasteiger partial charge in [0, 0.05) is 30.8 Å². The summed E-state index contributed by atoms with van der Waals surface area (Å²) in [6.07, 6.45) is 3.60. The summed E-state index contributed by atoms with van der Waals surface area (Å²) in [5.74, 6) is 0. The van der Waals surface area contributed by atoms with E-state index in [1.54, 1.807) is 12.1 Å². The van der Waals surface area contributed by atoms with Crippen LogP contribution in [0.15, 0.2) is 24.3 Å². The van der Waals surface area contributed by atoms with E-state index in [4.69, 9.17) is 5.73 Å². The third-order valence-electron chi connectivity index (χ3n) is 3.94. The van der Waals surface area contributed by atoms with Crippen LogP contribution in [0.1, 0.15) is 37.8 Å². The molecule has 0 aromatic heterocycles. The van der Waals surface area contributed by atoms with E-state index in [1.807, 2.05) is 6.07 Å². The third-order valence-corrected chi connectivity index (χ3v) is 3.94. The van der Waals surface area contributed by atoms with Crippen LogP contribution >= 0.6 is 0 Å². The SMILES string of the molecule is CC1CCCCN1C(CN)c1cccc([N+](=O)[O-])c1. The molecule has 1 aliphatic rings. The minimum atomic E-state index is -0.350. The first-order valence-corrected chi connectivity index (χ1v) is 6.83. The van der Waals surface area contributed by atoms with E-state index in [2.05, 4.69) is 11.8 Å². The van der Waals surface area contributed by atoms with Crippen molar-refractivity contribution >= 4 is 5.69 Å². The Hall–Kier alpha value is -1.46. The molecule has 1 aromatic carbocycles. The van der Waals surface area contributed by atoms with Gasteiger partial charge < -0.3 is 5.73 Å². The Kier molecular flexibility index (Phi) is 4.50. The summed E-state index contributed by atoms with van der Waals surface area (Å²) in [7, 11) is 0. The van der Waals surface area contributed by atoms with Gasteiger partial charge >= 0.3 is 0 Å². The maximum atomic E-state index is 10.9. The molecule has 2 N–H and O–H groups in total. The molecule has 2 atom stereocenters. The molecule has 2 rings (SSSR count). The van der Waals surface area contributed by atoms with Crippen LogP contribution in [0.3, 0.4) is 0 Å². The Morgan fingerprint density at radius 3 is 2.95 bits per heavy atom. The normalized spacial score (nSPS) is 22.1. The van der Waals surface area contributed by atoms with Crippen molar-refractivity contribution < 1.29 is 4.92 Å². The van der Waals surface area contributed by atoms with E-state index in [9.17, 15) is 10.1 Å². The molecule has 0 saturated carbocycles. The number of nitrogens with two attached hydrogens (primary N) is 1. The predicted octanol–water partition coefficient (Wildman–Crippen LogP) is 2.47. The lowest BCUT2D eigenvalue weighted by molar-refractivity contribution is -0.385. The molecule has 5 heteroatoms. The topological polar surface area (TPSA) is 72.4 Å². The number of nitro groups is 1. The quantitative estimate of drug-likeness (QED) is 0.669. The molecule has 0 bridgehead atoms. The van der Waals surface area contributed by atoms with Gasteiger partial charge in [0.05, 0.1) is 4.92 Å². The zero-order chi connectivity index (χ0) is 13.8. The second-order valence-electron chi connectivity index (χ2n) is 5.19. The van der Waals surface area contributed by atoms with Crippen molar-refractivity contribution in [1.29, 1.82) is 0 Å². The zero-order valence-corrected chi connectivity index (χ0v) is 11.3. The van der Waals surface area contributed by atoms with E-state index in [0.717, 1.165) is 12.1 Å². The average molecular weight is 263 g/mol. The molecule has 1 fully saturated rings. The number of nitro benzene ring substituents is 1. The minimum absolute atomic E-state index is 0.0789. The summed E-state index contributed by atoms with van der Waals surface area (Å²) in [5, 5.41) is 10.9. The molecule has 5 nitrogen and oxygen atoms in total. The largest absolute Gasteiger partial charge is 0.329 e. The highest BCUT2D eigenvalue weighted by Gasteiger charge is 2.27. The molecule has 0 radical (unpaired) electrons. The van der Waals surface area contributed by atoms with Gasteiger partial charge in [0.1, 0.15) is 0 Å². The second kappa shape index (κ2) is 6.12. The van der Waals surface area contributed by atoms with Crippen LogP contribution in [-0.2, 0) is 0 Å². The summed E-state index contributed by atoms with van der Waals surface area (Å²) in [4.78, 5) is 12.9. The van der Waals surface area contributed by atoms with Crippen LogP contribution in [0.2, 0.25) is 0 Å². The number of piperidine rings is 1. The Balaban J connectivity index is 2.25. The van der Waals surface area contributed by atoms with Crippen LogP contribution in [0.25, 0.3) is 0 Å². The molecule has 19 heavy (non-hydrogen) atoms. The summed E-state index contributed by atoms with van der Waals surface area (Å²) in [6.45, 7) is 3.72. The first kappa shape index (κ1) is 14.0. The summed E-state index contributed by atoms with van der Waals surface area (Å²) >= 11 is 0. The molecule has 2 unspecified atom stereocenters. The van der Waals surface area contributed by atoms with Crippen molar-refractivity contribution in [3.05, 3.63) is 39.9 Å².